The number of likely N-dealkylation sites (tertiary alicyclic amines) is 1. The van der Waals surface area contributed by atoms with Crippen molar-refractivity contribution in [3.63, 3.8) is 0 Å². The van der Waals surface area contributed by atoms with Gasteiger partial charge in [-0.3, -0.25) is 4.79 Å². The molecule has 2 rings (SSSR count). The third-order valence-electron chi connectivity index (χ3n) is 3.27. The molecule has 1 aliphatic heterocycles. The van der Waals surface area contributed by atoms with Crippen LogP contribution in [0.15, 0.2) is 24.3 Å². The molecule has 3 N–H and O–H groups in total. The summed E-state index contributed by atoms with van der Waals surface area (Å²) in [5, 5.41) is 2.68. The molecule has 1 aromatic rings. The number of benzene rings is 1. The molecule has 7 nitrogen and oxygen atoms in total. The zero-order valence-corrected chi connectivity index (χ0v) is 11.9. The van der Waals surface area contributed by atoms with Crippen LogP contribution in [0, 0.1) is 0 Å². The van der Waals surface area contributed by atoms with Crippen molar-refractivity contribution in [1.82, 2.24) is 10.2 Å². The molecule has 1 aliphatic rings. The molecule has 114 valence electrons. The molecule has 0 spiro atoms. The van der Waals surface area contributed by atoms with Crippen molar-refractivity contribution in [3.8, 4) is 5.75 Å². The summed E-state index contributed by atoms with van der Waals surface area (Å²) in [6.45, 7) is 1.01. The number of rotatable bonds is 4. The van der Waals surface area contributed by atoms with Crippen LogP contribution in [0.3, 0.4) is 0 Å². The van der Waals surface area contributed by atoms with Crippen molar-refractivity contribution >= 4 is 17.7 Å². The van der Waals surface area contributed by atoms with Gasteiger partial charge in [-0.05, 0) is 18.6 Å². The first-order valence-electron chi connectivity index (χ1n) is 6.69. The van der Waals surface area contributed by atoms with Gasteiger partial charge in [0, 0.05) is 24.8 Å². The zero-order valence-electron chi connectivity index (χ0n) is 11.9. The Kier molecular flexibility index (Phi) is 4.86. The average Bonchev–Trinajstić information content (AvgIpc) is 2.93. The van der Waals surface area contributed by atoms with E-state index in [1.807, 2.05) is 0 Å². The van der Waals surface area contributed by atoms with Gasteiger partial charge in [0.15, 0.2) is 6.61 Å². The molecule has 21 heavy (non-hydrogen) atoms. The predicted molar refractivity (Wildman–Crippen MR) is 76.9 cm³/mol. The second kappa shape index (κ2) is 6.83. The molecule has 0 aromatic heterocycles. The normalized spacial score (nSPS) is 17.4. The molecule has 0 aliphatic carbocycles. The summed E-state index contributed by atoms with van der Waals surface area (Å²) in [4.78, 5) is 24.8. The van der Waals surface area contributed by atoms with Crippen LogP contribution in [0.25, 0.3) is 0 Å². The lowest BCUT2D eigenvalue weighted by Crippen LogP contribution is -2.39. The van der Waals surface area contributed by atoms with Crippen molar-refractivity contribution < 1.29 is 19.1 Å². The van der Waals surface area contributed by atoms with Crippen LogP contribution in [0.1, 0.15) is 6.42 Å². The fourth-order valence-electron chi connectivity index (χ4n) is 2.17. The number of nitrogen functional groups attached to an aromatic ring is 1. The maximum Gasteiger partial charge on any atom is 0.407 e. The lowest BCUT2D eigenvalue weighted by Gasteiger charge is -2.17. The van der Waals surface area contributed by atoms with E-state index >= 15 is 0 Å². The van der Waals surface area contributed by atoms with Gasteiger partial charge in [0.1, 0.15) is 5.75 Å². The maximum atomic E-state index is 12.0. The highest BCUT2D eigenvalue weighted by Crippen LogP contribution is 2.15. The smallest absolute Gasteiger partial charge is 0.407 e. The summed E-state index contributed by atoms with van der Waals surface area (Å²) in [6, 6.07) is 6.85. The molecule has 1 atom stereocenters. The fourth-order valence-corrected chi connectivity index (χ4v) is 2.17. The minimum Gasteiger partial charge on any atom is -0.484 e. The number of ether oxygens (including phenoxy) is 2. The topological polar surface area (TPSA) is 93.9 Å². The standard InChI is InChI=1S/C14H19N3O4/c1-20-14(19)16-11-5-6-17(8-11)13(18)9-21-12-4-2-3-10(15)7-12/h2-4,7,11H,5-6,8-9,15H2,1H3,(H,16,19). The summed E-state index contributed by atoms with van der Waals surface area (Å²) in [5.41, 5.74) is 6.22. The van der Waals surface area contributed by atoms with Gasteiger partial charge in [-0.25, -0.2) is 4.79 Å². The van der Waals surface area contributed by atoms with Crippen LogP contribution in [-0.2, 0) is 9.53 Å². The molecular formula is C14H19N3O4. The Hall–Kier alpha value is -2.44. The van der Waals surface area contributed by atoms with E-state index in [0.29, 0.717) is 30.9 Å². The van der Waals surface area contributed by atoms with E-state index in [1.54, 1.807) is 29.2 Å². The zero-order chi connectivity index (χ0) is 15.2. The molecule has 1 heterocycles. The van der Waals surface area contributed by atoms with Gasteiger partial charge in [0.25, 0.3) is 5.91 Å². The number of amides is 2. The highest BCUT2D eigenvalue weighted by molar-refractivity contribution is 5.78. The third kappa shape index (κ3) is 4.27. The molecule has 7 heteroatoms. The second-order valence-electron chi connectivity index (χ2n) is 4.82. The number of alkyl carbamates (subject to hydrolysis) is 1. The summed E-state index contributed by atoms with van der Waals surface area (Å²) in [7, 11) is 1.31. The Morgan fingerprint density at radius 2 is 2.29 bits per heavy atom. The number of carbonyl (C=O) groups is 2. The van der Waals surface area contributed by atoms with Gasteiger partial charge in [-0.15, -0.1) is 0 Å². The fraction of sp³-hybridized carbons (Fsp3) is 0.429. The first kappa shape index (κ1) is 15.0. The molecule has 2 amide bonds. The molecule has 0 radical (unpaired) electrons. The second-order valence-corrected chi connectivity index (χ2v) is 4.82. The number of hydrogen-bond donors (Lipinski definition) is 2. The Morgan fingerprint density at radius 3 is 3.00 bits per heavy atom. The van der Waals surface area contributed by atoms with E-state index in [1.165, 1.54) is 7.11 Å². The van der Waals surface area contributed by atoms with Gasteiger partial charge in [0.2, 0.25) is 0 Å². The van der Waals surface area contributed by atoms with Crippen LogP contribution in [0.5, 0.6) is 5.75 Å². The number of nitrogens with two attached hydrogens (primary N) is 1. The van der Waals surface area contributed by atoms with E-state index in [-0.39, 0.29) is 18.6 Å². The highest BCUT2D eigenvalue weighted by atomic mass is 16.5. The number of nitrogens with zero attached hydrogens (tertiary/aromatic N) is 1. The Morgan fingerprint density at radius 1 is 1.48 bits per heavy atom. The molecule has 1 unspecified atom stereocenters. The van der Waals surface area contributed by atoms with Gasteiger partial charge < -0.3 is 25.4 Å². The molecule has 1 fully saturated rings. The number of anilines is 1. The molecule has 0 saturated carbocycles. The summed E-state index contributed by atoms with van der Waals surface area (Å²) < 4.78 is 9.95. The number of hydrogen-bond acceptors (Lipinski definition) is 5. The van der Waals surface area contributed by atoms with Crippen molar-refractivity contribution in [3.05, 3.63) is 24.3 Å². The van der Waals surface area contributed by atoms with Crippen molar-refractivity contribution in [2.45, 2.75) is 12.5 Å². The van der Waals surface area contributed by atoms with E-state index in [0.717, 1.165) is 0 Å². The van der Waals surface area contributed by atoms with Crippen LogP contribution < -0.4 is 15.8 Å². The van der Waals surface area contributed by atoms with Gasteiger partial charge in [0.05, 0.1) is 13.2 Å². The number of methoxy groups -OCH3 is 1. The number of nitrogens with one attached hydrogen (secondary N) is 1. The minimum atomic E-state index is -0.481. The van der Waals surface area contributed by atoms with E-state index in [4.69, 9.17) is 10.5 Å². The van der Waals surface area contributed by atoms with Gasteiger partial charge in [-0.2, -0.15) is 0 Å². The van der Waals surface area contributed by atoms with Crippen molar-refractivity contribution in [2.24, 2.45) is 0 Å². The summed E-state index contributed by atoms with van der Waals surface area (Å²) in [5.74, 6) is 0.443. The molecule has 0 bridgehead atoms. The van der Waals surface area contributed by atoms with E-state index in [9.17, 15) is 9.59 Å². The highest BCUT2D eigenvalue weighted by Gasteiger charge is 2.27. The Balaban J connectivity index is 1.78. The summed E-state index contributed by atoms with van der Waals surface area (Å²) >= 11 is 0. The van der Waals surface area contributed by atoms with Crippen molar-refractivity contribution in [1.29, 1.82) is 0 Å². The maximum absolute atomic E-state index is 12.0. The van der Waals surface area contributed by atoms with E-state index < -0.39 is 6.09 Å². The lowest BCUT2D eigenvalue weighted by atomic mass is 10.3. The van der Waals surface area contributed by atoms with Crippen molar-refractivity contribution in [2.75, 3.05) is 32.5 Å². The summed E-state index contributed by atoms with van der Waals surface area (Å²) in [6.07, 6.45) is 0.226. The molecule has 1 aromatic carbocycles. The Labute approximate surface area is 123 Å². The van der Waals surface area contributed by atoms with Gasteiger partial charge >= 0.3 is 6.09 Å². The molecular weight excluding hydrogens is 274 g/mol. The van der Waals surface area contributed by atoms with Crippen LogP contribution >= 0.6 is 0 Å². The predicted octanol–water partition coefficient (Wildman–Crippen LogP) is 0.604. The Bertz CT molecular complexity index is 521. The largest absolute Gasteiger partial charge is 0.484 e. The van der Waals surface area contributed by atoms with E-state index in [2.05, 4.69) is 10.1 Å². The lowest BCUT2D eigenvalue weighted by molar-refractivity contribution is -0.132. The van der Waals surface area contributed by atoms with Crippen LogP contribution in [-0.4, -0.2) is 49.7 Å². The van der Waals surface area contributed by atoms with Crippen LogP contribution in [0.4, 0.5) is 10.5 Å². The SMILES string of the molecule is COC(=O)NC1CCN(C(=O)COc2cccc(N)c2)C1. The van der Waals surface area contributed by atoms with Gasteiger partial charge in [-0.1, -0.05) is 6.07 Å². The quantitative estimate of drug-likeness (QED) is 0.793. The number of carbonyl (C=O) groups excluding carboxylic acids is 2. The van der Waals surface area contributed by atoms with Crippen LogP contribution in [0.2, 0.25) is 0 Å². The molecule has 1 saturated heterocycles. The minimum absolute atomic E-state index is 0.0472. The monoisotopic (exact) mass is 293 g/mol. The third-order valence-corrected chi connectivity index (χ3v) is 3.27. The average molecular weight is 293 g/mol. The first-order valence-corrected chi connectivity index (χ1v) is 6.69. The first-order chi connectivity index (χ1) is 10.1.